The van der Waals surface area contributed by atoms with Gasteiger partial charge in [0.1, 0.15) is 0 Å². The van der Waals surface area contributed by atoms with Crippen LogP contribution in [0.15, 0.2) is 16.6 Å². The maximum Gasteiger partial charge on any atom is 0.251 e. The standard InChI is InChI=1S/C17H25BrN2O3.ClH/c1-3-7-23-16-14(18)8-13(9-15(16)22-2)17(21)20-11-12-5-4-6-19-10-12;/h8-9,12,19H,3-7,10-11H2,1-2H3,(H,20,21);1H. The second kappa shape index (κ2) is 10.8. The molecule has 24 heavy (non-hydrogen) atoms. The van der Waals surface area contributed by atoms with E-state index < -0.39 is 0 Å². The van der Waals surface area contributed by atoms with Gasteiger partial charge in [-0.25, -0.2) is 0 Å². The van der Waals surface area contributed by atoms with E-state index in [1.807, 2.05) is 6.92 Å². The SMILES string of the molecule is CCCOc1c(Br)cc(C(=O)NCC2CCCNC2)cc1OC.Cl. The molecule has 1 aliphatic rings. The maximum atomic E-state index is 12.4. The highest BCUT2D eigenvalue weighted by Gasteiger charge is 2.18. The number of ether oxygens (including phenoxy) is 2. The lowest BCUT2D eigenvalue weighted by atomic mass is 9.99. The molecule has 5 nitrogen and oxygen atoms in total. The predicted molar refractivity (Wildman–Crippen MR) is 102 cm³/mol. The van der Waals surface area contributed by atoms with Crippen LogP contribution in [-0.4, -0.2) is 39.3 Å². The first-order valence-corrected chi connectivity index (χ1v) is 8.94. The Labute approximate surface area is 158 Å². The molecule has 1 aromatic carbocycles. The topological polar surface area (TPSA) is 59.6 Å². The lowest BCUT2D eigenvalue weighted by molar-refractivity contribution is 0.0944. The number of hydrogen-bond acceptors (Lipinski definition) is 4. The summed E-state index contributed by atoms with van der Waals surface area (Å²) < 4.78 is 11.8. The number of piperidine rings is 1. The second-order valence-corrected chi connectivity index (χ2v) is 6.61. The van der Waals surface area contributed by atoms with Crippen LogP contribution in [-0.2, 0) is 0 Å². The Kier molecular flexibility index (Phi) is 9.48. The zero-order chi connectivity index (χ0) is 16.7. The number of amides is 1. The van der Waals surface area contributed by atoms with Crippen LogP contribution in [0.25, 0.3) is 0 Å². The van der Waals surface area contributed by atoms with Gasteiger partial charge in [-0.05, 0) is 66.3 Å². The van der Waals surface area contributed by atoms with E-state index >= 15 is 0 Å². The average Bonchev–Trinajstić information content (AvgIpc) is 2.58. The van der Waals surface area contributed by atoms with Gasteiger partial charge in [0, 0.05) is 12.1 Å². The number of halogens is 2. The Bertz CT molecular complexity index is 537. The largest absolute Gasteiger partial charge is 0.493 e. The molecule has 136 valence electrons. The molecule has 1 fully saturated rings. The van der Waals surface area contributed by atoms with Crippen LogP contribution >= 0.6 is 28.3 Å². The molecule has 1 amide bonds. The van der Waals surface area contributed by atoms with Gasteiger partial charge in [0.25, 0.3) is 5.91 Å². The summed E-state index contributed by atoms with van der Waals surface area (Å²) >= 11 is 3.47. The normalized spacial score (nSPS) is 16.9. The Morgan fingerprint density at radius 3 is 2.88 bits per heavy atom. The Morgan fingerprint density at radius 1 is 1.46 bits per heavy atom. The number of carbonyl (C=O) groups is 1. The van der Waals surface area contributed by atoms with E-state index in [0.717, 1.165) is 30.4 Å². The molecule has 0 aromatic heterocycles. The first kappa shape index (κ1) is 21.1. The fourth-order valence-corrected chi connectivity index (χ4v) is 3.19. The quantitative estimate of drug-likeness (QED) is 0.708. The van der Waals surface area contributed by atoms with Crippen molar-refractivity contribution in [3.63, 3.8) is 0 Å². The van der Waals surface area contributed by atoms with E-state index in [1.54, 1.807) is 19.2 Å². The summed E-state index contributed by atoms with van der Waals surface area (Å²) in [6, 6.07) is 3.51. The van der Waals surface area contributed by atoms with E-state index in [0.29, 0.717) is 36.1 Å². The second-order valence-electron chi connectivity index (χ2n) is 5.76. The van der Waals surface area contributed by atoms with Crippen molar-refractivity contribution < 1.29 is 14.3 Å². The van der Waals surface area contributed by atoms with Crippen LogP contribution < -0.4 is 20.1 Å². The van der Waals surface area contributed by atoms with Crippen molar-refractivity contribution in [1.82, 2.24) is 10.6 Å². The molecule has 1 aromatic rings. The fourth-order valence-electron chi connectivity index (χ4n) is 2.63. The molecular formula is C17H26BrClN2O3. The van der Waals surface area contributed by atoms with Crippen molar-refractivity contribution in [1.29, 1.82) is 0 Å². The van der Waals surface area contributed by atoms with Crippen molar-refractivity contribution in [2.45, 2.75) is 26.2 Å². The van der Waals surface area contributed by atoms with Crippen molar-refractivity contribution in [3.05, 3.63) is 22.2 Å². The lowest BCUT2D eigenvalue weighted by Crippen LogP contribution is -2.38. The molecule has 1 saturated heterocycles. The Hall–Kier alpha value is -0.980. The monoisotopic (exact) mass is 420 g/mol. The van der Waals surface area contributed by atoms with E-state index in [9.17, 15) is 4.79 Å². The lowest BCUT2D eigenvalue weighted by Gasteiger charge is -2.23. The molecule has 1 heterocycles. The third-order valence-corrected chi connectivity index (χ3v) is 4.48. The summed E-state index contributed by atoms with van der Waals surface area (Å²) in [6.07, 6.45) is 3.24. The summed E-state index contributed by atoms with van der Waals surface area (Å²) in [5.74, 6) is 1.63. The maximum absolute atomic E-state index is 12.4. The number of nitrogens with one attached hydrogen (secondary N) is 2. The molecule has 1 atom stereocenters. The van der Waals surface area contributed by atoms with Crippen molar-refractivity contribution >= 4 is 34.2 Å². The first-order valence-electron chi connectivity index (χ1n) is 8.15. The zero-order valence-corrected chi connectivity index (χ0v) is 16.6. The van der Waals surface area contributed by atoms with E-state index in [2.05, 4.69) is 26.6 Å². The fraction of sp³-hybridized carbons (Fsp3) is 0.588. The summed E-state index contributed by atoms with van der Waals surface area (Å²) in [5, 5.41) is 6.37. The number of hydrogen-bond donors (Lipinski definition) is 2. The molecule has 0 aliphatic carbocycles. The van der Waals surface area contributed by atoms with Gasteiger partial charge in [0.2, 0.25) is 0 Å². The Balaban J connectivity index is 0.00000288. The van der Waals surface area contributed by atoms with Crippen LogP contribution in [0.3, 0.4) is 0 Å². The molecule has 0 spiro atoms. The molecule has 0 bridgehead atoms. The molecule has 1 aliphatic heterocycles. The summed E-state index contributed by atoms with van der Waals surface area (Å²) in [7, 11) is 1.58. The van der Waals surface area contributed by atoms with Crippen LogP contribution in [0.1, 0.15) is 36.5 Å². The number of benzene rings is 1. The minimum atomic E-state index is -0.0865. The van der Waals surface area contributed by atoms with Crippen LogP contribution in [0.4, 0.5) is 0 Å². The molecular weight excluding hydrogens is 396 g/mol. The predicted octanol–water partition coefficient (Wildman–Crippen LogP) is 3.40. The number of carbonyl (C=O) groups excluding carboxylic acids is 1. The van der Waals surface area contributed by atoms with Gasteiger partial charge in [-0.2, -0.15) is 0 Å². The van der Waals surface area contributed by atoms with Gasteiger partial charge in [0.15, 0.2) is 11.5 Å². The van der Waals surface area contributed by atoms with Crippen LogP contribution in [0, 0.1) is 5.92 Å². The summed E-state index contributed by atoms with van der Waals surface area (Å²) in [6.45, 7) is 5.39. The van der Waals surface area contributed by atoms with Gasteiger partial charge in [0.05, 0.1) is 18.2 Å². The minimum Gasteiger partial charge on any atom is -0.493 e. The van der Waals surface area contributed by atoms with E-state index in [-0.39, 0.29) is 18.3 Å². The highest BCUT2D eigenvalue weighted by atomic mass is 79.9. The summed E-state index contributed by atoms with van der Waals surface area (Å²) in [4.78, 5) is 12.4. The third kappa shape index (κ3) is 5.83. The molecule has 2 N–H and O–H groups in total. The molecule has 1 unspecified atom stereocenters. The highest BCUT2D eigenvalue weighted by Crippen LogP contribution is 2.36. The van der Waals surface area contributed by atoms with Gasteiger partial charge in [-0.3, -0.25) is 4.79 Å². The smallest absolute Gasteiger partial charge is 0.251 e. The van der Waals surface area contributed by atoms with Crippen LogP contribution in [0.2, 0.25) is 0 Å². The van der Waals surface area contributed by atoms with Gasteiger partial charge in [-0.15, -0.1) is 12.4 Å². The van der Waals surface area contributed by atoms with Crippen LogP contribution in [0.5, 0.6) is 11.5 Å². The molecule has 7 heteroatoms. The van der Waals surface area contributed by atoms with E-state index in [4.69, 9.17) is 9.47 Å². The average molecular weight is 422 g/mol. The van der Waals surface area contributed by atoms with Crippen molar-refractivity contribution in [3.8, 4) is 11.5 Å². The first-order chi connectivity index (χ1) is 11.2. The summed E-state index contributed by atoms with van der Waals surface area (Å²) in [5.41, 5.74) is 0.571. The molecule has 2 rings (SSSR count). The highest BCUT2D eigenvalue weighted by molar-refractivity contribution is 9.10. The number of methoxy groups -OCH3 is 1. The Morgan fingerprint density at radius 2 is 2.25 bits per heavy atom. The molecule has 0 saturated carbocycles. The van der Waals surface area contributed by atoms with E-state index in [1.165, 1.54) is 6.42 Å². The zero-order valence-electron chi connectivity index (χ0n) is 14.2. The van der Waals surface area contributed by atoms with Crippen molar-refractivity contribution in [2.24, 2.45) is 5.92 Å². The third-order valence-electron chi connectivity index (χ3n) is 3.89. The number of rotatable bonds is 7. The van der Waals surface area contributed by atoms with Gasteiger partial charge >= 0.3 is 0 Å². The molecule has 0 radical (unpaired) electrons. The minimum absolute atomic E-state index is 0. The van der Waals surface area contributed by atoms with Gasteiger partial charge < -0.3 is 20.1 Å². The van der Waals surface area contributed by atoms with Gasteiger partial charge in [-0.1, -0.05) is 6.92 Å². The van der Waals surface area contributed by atoms with Crippen molar-refractivity contribution in [2.75, 3.05) is 33.4 Å².